The summed E-state index contributed by atoms with van der Waals surface area (Å²) in [5.41, 5.74) is 1.45. The van der Waals surface area contributed by atoms with E-state index in [0.29, 0.717) is 22.0 Å². The van der Waals surface area contributed by atoms with Crippen LogP contribution < -0.4 is 10.6 Å². The molecule has 2 aromatic rings. The van der Waals surface area contributed by atoms with E-state index in [1.165, 1.54) is 19.5 Å². The number of hydrogen-bond acceptors (Lipinski definition) is 3. The number of carbonyl (C=O) groups is 2. The molecule has 0 atom stereocenters. The molecule has 0 aliphatic carbocycles. The number of anilines is 2. The minimum atomic E-state index is -0.294. The molecule has 2 rings (SSSR count). The van der Waals surface area contributed by atoms with Crippen molar-refractivity contribution in [3.05, 3.63) is 47.4 Å². The Labute approximate surface area is 114 Å². The SMILES string of the molecule is CC(=O)Nc1ccc(NC(=O)c2ccoc2)cc1Cl. The van der Waals surface area contributed by atoms with Crippen molar-refractivity contribution < 1.29 is 14.0 Å². The number of nitrogens with one attached hydrogen (secondary N) is 2. The fourth-order valence-corrected chi connectivity index (χ4v) is 1.71. The maximum Gasteiger partial charge on any atom is 0.258 e. The minimum absolute atomic E-state index is 0.211. The van der Waals surface area contributed by atoms with Crippen LogP contribution in [0.4, 0.5) is 11.4 Å². The number of amides is 2. The molecule has 0 radical (unpaired) electrons. The van der Waals surface area contributed by atoms with Crippen LogP contribution >= 0.6 is 11.6 Å². The number of rotatable bonds is 3. The van der Waals surface area contributed by atoms with Crippen LogP contribution in [-0.4, -0.2) is 11.8 Å². The van der Waals surface area contributed by atoms with Crippen molar-refractivity contribution in [2.24, 2.45) is 0 Å². The molecular weight excluding hydrogens is 268 g/mol. The Kier molecular flexibility index (Phi) is 3.87. The fraction of sp³-hybridized carbons (Fsp3) is 0.0769. The van der Waals surface area contributed by atoms with E-state index in [1.54, 1.807) is 24.3 Å². The van der Waals surface area contributed by atoms with Gasteiger partial charge >= 0.3 is 0 Å². The van der Waals surface area contributed by atoms with Gasteiger partial charge in [-0.15, -0.1) is 0 Å². The van der Waals surface area contributed by atoms with Crippen molar-refractivity contribution in [2.45, 2.75) is 6.92 Å². The number of carbonyl (C=O) groups excluding carboxylic acids is 2. The average Bonchev–Trinajstić information content (AvgIpc) is 2.86. The summed E-state index contributed by atoms with van der Waals surface area (Å²) in [6, 6.07) is 6.39. The Balaban J connectivity index is 2.12. The predicted octanol–water partition coefficient (Wildman–Crippen LogP) is 3.14. The molecule has 0 aliphatic heterocycles. The summed E-state index contributed by atoms with van der Waals surface area (Å²) in [4.78, 5) is 22.7. The van der Waals surface area contributed by atoms with Gasteiger partial charge in [-0.1, -0.05) is 11.6 Å². The van der Waals surface area contributed by atoms with E-state index < -0.39 is 0 Å². The summed E-state index contributed by atoms with van der Waals surface area (Å²) >= 11 is 6.00. The molecule has 1 aromatic carbocycles. The quantitative estimate of drug-likeness (QED) is 0.906. The molecule has 0 aliphatic rings. The van der Waals surface area contributed by atoms with E-state index in [-0.39, 0.29) is 11.8 Å². The van der Waals surface area contributed by atoms with Gasteiger partial charge in [-0.3, -0.25) is 9.59 Å². The van der Waals surface area contributed by atoms with Crippen LogP contribution in [0.1, 0.15) is 17.3 Å². The Morgan fingerprint density at radius 2 is 2.00 bits per heavy atom. The molecule has 1 heterocycles. The summed E-state index contributed by atoms with van der Waals surface area (Å²) in [5.74, 6) is -0.505. The first-order chi connectivity index (χ1) is 9.06. The topological polar surface area (TPSA) is 71.3 Å². The Hall–Kier alpha value is -2.27. The largest absolute Gasteiger partial charge is 0.472 e. The number of benzene rings is 1. The average molecular weight is 279 g/mol. The smallest absolute Gasteiger partial charge is 0.258 e. The highest BCUT2D eigenvalue weighted by molar-refractivity contribution is 6.34. The zero-order chi connectivity index (χ0) is 13.8. The lowest BCUT2D eigenvalue weighted by Crippen LogP contribution is -2.11. The molecule has 5 nitrogen and oxygen atoms in total. The molecule has 0 saturated heterocycles. The molecule has 6 heteroatoms. The van der Waals surface area contributed by atoms with Crippen LogP contribution in [0.2, 0.25) is 5.02 Å². The van der Waals surface area contributed by atoms with Gasteiger partial charge in [-0.05, 0) is 24.3 Å². The van der Waals surface area contributed by atoms with Crippen molar-refractivity contribution in [1.29, 1.82) is 0 Å². The molecule has 1 aromatic heterocycles. The summed E-state index contributed by atoms with van der Waals surface area (Å²) in [5, 5.41) is 5.60. The Morgan fingerprint density at radius 3 is 2.58 bits per heavy atom. The third-order valence-electron chi connectivity index (χ3n) is 2.32. The van der Waals surface area contributed by atoms with Crippen LogP contribution in [0.5, 0.6) is 0 Å². The van der Waals surface area contributed by atoms with Gasteiger partial charge in [0.2, 0.25) is 5.91 Å². The maximum atomic E-state index is 11.8. The number of hydrogen-bond donors (Lipinski definition) is 2. The third-order valence-corrected chi connectivity index (χ3v) is 2.63. The van der Waals surface area contributed by atoms with Crippen molar-refractivity contribution in [1.82, 2.24) is 0 Å². The first-order valence-electron chi connectivity index (χ1n) is 5.47. The zero-order valence-electron chi connectivity index (χ0n) is 10.1. The summed E-state index contributed by atoms with van der Waals surface area (Å²) < 4.78 is 4.83. The number of halogens is 1. The first-order valence-corrected chi connectivity index (χ1v) is 5.85. The van der Waals surface area contributed by atoms with Crippen LogP contribution in [0.25, 0.3) is 0 Å². The molecule has 0 unspecified atom stereocenters. The van der Waals surface area contributed by atoms with Gasteiger partial charge < -0.3 is 15.1 Å². The van der Waals surface area contributed by atoms with Crippen molar-refractivity contribution in [3.8, 4) is 0 Å². The monoisotopic (exact) mass is 278 g/mol. The van der Waals surface area contributed by atoms with Crippen molar-refractivity contribution in [2.75, 3.05) is 10.6 Å². The van der Waals surface area contributed by atoms with E-state index in [0.717, 1.165) is 0 Å². The highest BCUT2D eigenvalue weighted by Crippen LogP contribution is 2.25. The van der Waals surface area contributed by atoms with Gasteiger partial charge in [-0.2, -0.15) is 0 Å². The van der Waals surface area contributed by atoms with Gasteiger partial charge in [0.15, 0.2) is 0 Å². The molecule has 2 N–H and O–H groups in total. The van der Waals surface area contributed by atoms with Crippen LogP contribution in [0.3, 0.4) is 0 Å². The second-order valence-electron chi connectivity index (χ2n) is 3.84. The lowest BCUT2D eigenvalue weighted by atomic mass is 10.2. The molecule has 0 spiro atoms. The molecule has 98 valence electrons. The molecule has 2 amide bonds. The summed E-state index contributed by atoms with van der Waals surface area (Å²) in [6.45, 7) is 1.39. The second kappa shape index (κ2) is 5.58. The molecule has 0 saturated carbocycles. The molecule has 0 bridgehead atoms. The summed E-state index contributed by atoms with van der Waals surface area (Å²) in [6.07, 6.45) is 2.77. The van der Waals surface area contributed by atoms with Crippen LogP contribution in [-0.2, 0) is 4.79 Å². The highest BCUT2D eigenvalue weighted by atomic mass is 35.5. The first kappa shape index (κ1) is 13.2. The summed E-state index contributed by atoms with van der Waals surface area (Å²) in [7, 11) is 0. The Morgan fingerprint density at radius 1 is 1.21 bits per heavy atom. The zero-order valence-corrected chi connectivity index (χ0v) is 10.8. The van der Waals surface area contributed by atoms with Gasteiger partial charge in [0.1, 0.15) is 6.26 Å². The normalized spacial score (nSPS) is 10.0. The van der Waals surface area contributed by atoms with E-state index >= 15 is 0 Å². The maximum absolute atomic E-state index is 11.8. The van der Waals surface area contributed by atoms with Crippen molar-refractivity contribution >= 4 is 34.8 Å². The van der Waals surface area contributed by atoms with Gasteiger partial charge in [0.25, 0.3) is 5.91 Å². The molecular formula is C13H11ClN2O3. The van der Waals surface area contributed by atoms with Crippen LogP contribution in [0.15, 0.2) is 41.2 Å². The lowest BCUT2D eigenvalue weighted by molar-refractivity contribution is -0.114. The van der Waals surface area contributed by atoms with E-state index in [4.69, 9.17) is 16.0 Å². The molecule has 0 fully saturated rings. The van der Waals surface area contributed by atoms with E-state index in [2.05, 4.69) is 10.6 Å². The second-order valence-corrected chi connectivity index (χ2v) is 4.25. The fourth-order valence-electron chi connectivity index (χ4n) is 1.48. The predicted molar refractivity (Wildman–Crippen MR) is 72.4 cm³/mol. The van der Waals surface area contributed by atoms with Crippen LogP contribution in [0, 0.1) is 0 Å². The van der Waals surface area contributed by atoms with Gasteiger partial charge in [0.05, 0.1) is 22.5 Å². The van der Waals surface area contributed by atoms with Crippen molar-refractivity contribution in [3.63, 3.8) is 0 Å². The third kappa shape index (κ3) is 3.35. The van der Waals surface area contributed by atoms with E-state index in [9.17, 15) is 9.59 Å². The minimum Gasteiger partial charge on any atom is -0.472 e. The van der Waals surface area contributed by atoms with Gasteiger partial charge in [-0.25, -0.2) is 0 Å². The van der Waals surface area contributed by atoms with E-state index in [1.807, 2.05) is 0 Å². The highest BCUT2D eigenvalue weighted by Gasteiger charge is 2.09. The number of furan rings is 1. The Bertz CT molecular complexity index is 608. The lowest BCUT2D eigenvalue weighted by Gasteiger charge is -2.08. The van der Waals surface area contributed by atoms with Gasteiger partial charge in [0, 0.05) is 12.6 Å². The standard InChI is InChI=1S/C13H11ClN2O3/c1-8(17)15-12-3-2-10(6-11(12)14)16-13(18)9-4-5-19-7-9/h2-7H,1H3,(H,15,17)(H,16,18). The molecule has 19 heavy (non-hydrogen) atoms.